The minimum Gasteiger partial charge on any atom is -0.338 e. The monoisotopic (exact) mass is 362 g/mol. The fourth-order valence-electron chi connectivity index (χ4n) is 2.83. The normalized spacial score (nSPS) is 10.9. The van der Waals surface area contributed by atoms with E-state index < -0.39 is 10.8 Å². The summed E-state index contributed by atoms with van der Waals surface area (Å²) in [6.45, 7) is 0. The summed E-state index contributed by atoms with van der Waals surface area (Å²) in [4.78, 5) is 30.7. The summed E-state index contributed by atoms with van der Waals surface area (Å²) in [5, 5.41) is 17.5. The van der Waals surface area contributed by atoms with E-state index in [1.807, 2.05) is 30.3 Å². The van der Waals surface area contributed by atoms with Crippen LogP contribution in [-0.4, -0.2) is 30.6 Å². The maximum atomic E-state index is 12.5. The van der Waals surface area contributed by atoms with Crippen LogP contribution in [0.1, 0.15) is 10.5 Å². The zero-order valence-corrected chi connectivity index (χ0v) is 14.2. The van der Waals surface area contributed by atoms with Gasteiger partial charge in [0.05, 0.1) is 16.0 Å². The fraction of sp³-hybridized carbons (Fsp3) is 0.0556. The standard InChI is InChI=1S/C18H14N6O3/c1-23-16(15(10-19-23)24(26)27)18(25)20-12-7-8-13-14(9-12)22-17(21-13)11-5-3-2-4-6-11/h2-10H,1H3,(H,20,25)(H,21,22). The van der Waals surface area contributed by atoms with Crippen LogP contribution in [0.5, 0.6) is 0 Å². The molecule has 0 aliphatic carbocycles. The number of H-pyrrole nitrogens is 1. The van der Waals surface area contributed by atoms with Crippen molar-refractivity contribution in [3.05, 3.63) is 70.5 Å². The molecule has 0 spiro atoms. The lowest BCUT2D eigenvalue weighted by molar-refractivity contribution is -0.385. The predicted molar refractivity (Wildman–Crippen MR) is 99.3 cm³/mol. The molecule has 0 bridgehead atoms. The minimum absolute atomic E-state index is 0.116. The topological polar surface area (TPSA) is 119 Å². The molecule has 9 nitrogen and oxygen atoms in total. The molecule has 0 saturated carbocycles. The highest BCUT2D eigenvalue weighted by Gasteiger charge is 2.25. The average Bonchev–Trinajstić information content (AvgIpc) is 3.25. The number of fused-ring (bicyclic) bond motifs is 1. The Kier molecular flexibility index (Phi) is 3.88. The lowest BCUT2D eigenvalue weighted by Gasteiger charge is -2.05. The van der Waals surface area contributed by atoms with Gasteiger partial charge < -0.3 is 10.3 Å². The van der Waals surface area contributed by atoms with Gasteiger partial charge in [-0.2, -0.15) is 5.10 Å². The number of hydrogen-bond acceptors (Lipinski definition) is 5. The number of nitro groups is 1. The number of aromatic nitrogens is 4. The number of hydrogen-bond donors (Lipinski definition) is 2. The van der Waals surface area contributed by atoms with Crippen molar-refractivity contribution >= 4 is 28.3 Å². The van der Waals surface area contributed by atoms with E-state index in [4.69, 9.17) is 0 Å². The number of nitrogens with zero attached hydrogens (tertiary/aromatic N) is 4. The molecule has 0 aliphatic rings. The molecular formula is C18H14N6O3. The Balaban J connectivity index is 1.64. The molecule has 1 amide bonds. The van der Waals surface area contributed by atoms with Gasteiger partial charge in [0.25, 0.3) is 5.91 Å². The van der Waals surface area contributed by atoms with Crippen molar-refractivity contribution in [1.29, 1.82) is 0 Å². The lowest BCUT2D eigenvalue weighted by Crippen LogP contribution is -2.17. The lowest BCUT2D eigenvalue weighted by atomic mass is 10.2. The first kappa shape index (κ1) is 16.5. The van der Waals surface area contributed by atoms with Gasteiger partial charge in [0, 0.05) is 18.3 Å². The molecule has 4 rings (SSSR count). The Morgan fingerprint density at radius 3 is 2.74 bits per heavy atom. The van der Waals surface area contributed by atoms with Crippen LogP contribution >= 0.6 is 0 Å². The third-order valence-corrected chi connectivity index (χ3v) is 4.12. The molecule has 2 heterocycles. The van der Waals surface area contributed by atoms with E-state index in [1.165, 1.54) is 11.7 Å². The second kappa shape index (κ2) is 6.37. The Hall–Kier alpha value is -4.01. The zero-order valence-electron chi connectivity index (χ0n) is 14.2. The number of rotatable bonds is 4. The molecule has 0 atom stereocenters. The van der Waals surface area contributed by atoms with Crippen LogP contribution in [-0.2, 0) is 7.05 Å². The third kappa shape index (κ3) is 3.01. The Morgan fingerprint density at radius 2 is 2.00 bits per heavy atom. The molecule has 134 valence electrons. The second-order valence-electron chi connectivity index (χ2n) is 5.90. The number of imidazole rings is 1. The van der Waals surface area contributed by atoms with Crippen molar-refractivity contribution in [3.8, 4) is 11.4 Å². The van der Waals surface area contributed by atoms with Gasteiger partial charge in [-0.05, 0) is 18.2 Å². The largest absolute Gasteiger partial charge is 0.338 e. The summed E-state index contributed by atoms with van der Waals surface area (Å²) < 4.78 is 1.18. The quantitative estimate of drug-likeness (QED) is 0.427. The second-order valence-corrected chi connectivity index (χ2v) is 5.90. The van der Waals surface area contributed by atoms with Crippen molar-refractivity contribution in [2.45, 2.75) is 0 Å². The maximum Gasteiger partial charge on any atom is 0.320 e. The highest BCUT2D eigenvalue weighted by Crippen LogP contribution is 2.24. The van der Waals surface area contributed by atoms with Crippen LogP contribution in [0.2, 0.25) is 0 Å². The smallest absolute Gasteiger partial charge is 0.320 e. The van der Waals surface area contributed by atoms with Crippen molar-refractivity contribution in [1.82, 2.24) is 19.7 Å². The fourth-order valence-corrected chi connectivity index (χ4v) is 2.83. The van der Waals surface area contributed by atoms with Gasteiger partial charge in [-0.25, -0.2) is 4.98 Å². The maximum absolute atomic E-state index is 12.5. The van der Waals surface area contributed by atoms with Crippen LogP contribution in [0.25, 0.3) is 22.4 Å². The van der Waals surface area contributed by atoms with E-state index in [-0.39, 0.29) is 11.4 Å². The molecule has 0 fully saturated rings. The first-order valence-electron chi connectivity index (χ1n) is 8.06. The minimum atomic E-state index is -0.633. The van der Waals surface area contributed by atoms with Crippen molar-refractivity contribution in [3.63, 3.8) is 0 Å². The number of anilines is 1. The highest BCUT2D eigenvalue weighted by atomic mass is 16.6. The molecule has 0 saturated heterocycles. The van der Waals surface area contributed by atoms with Crippen molar-refractivity contribution < 1.29 is 9.72 Å². The summed E-state index contributed by atoms with van der Waals surface area (Å²) in [5.41, 5.74) is 2.47. The molecule has 0 aliphatic heterocycles. The van der Waals surface area contributed by atoms with E-state index in [0.717, 1.165) is 28.6 Å². The van der Waals surface area contributed by atoms with E-state index in [0.29, 0.717) is 5.69 Å². The molecule has 0 radical (unpaired) electrons. The molecule has 9 heteroatoms. The predicted octanol–water partition coefficient (Wildman–Crippen LogP) is 3.12. The van der Waals surface area contributed by atoms with Crippen LogP contribution in [0.15, 0.2) is 54.7 Å². The van der Waals surface area contributed by atoms with Gasteiger partial charge in [-0.15, -0.1) is 0 Å². The highest BCUT2D eigenvalue weighted by molar-refractivity contribution is 6.06. The van der Waals surface area contributed by atoms with Gasteiger partial charge in [0.2, 0.25) is 5.69 Å². The molecule has 4 aromatic rings. The number of benzene rings is 2. The van der Waals surface area contributed by atoms with Gasteiger partial charge in [0.15, 0.2) is 0 Å². The summed E-state index contributed by atoms with van der Waals surface area (Å²) in [7, 11) is 1.48. The molecule has 2 aromatic heterocycles. The molecule has 27 heavy (non-hydrogen) atoms. The third-order valence-electron chi connectivity index (χ3n) is 4.12. The summed E-state index contributed by atoms with van der Waals surface area (Å²) >= 11 is 0. The van der Waals surface area contributed by atoms with Gasteiger partial charge in [-0.3, -0.25) is 19.6 Å². The summed E-state index contributed by atoms with van der Waals surface area (Å²) in [5.74, 6) is 0.111. The summed E-state index contributed by atoms with van der Waals surface area (Å²) in [6.07, 6.45) is 1.05. The molecular weight excluding hydrogens is 348 g/mol. The number of aryl methyl sites for hydroxylation is 1. The average molecular weight is 362 g/mol. The van der Waals surface area contributed by atoms with E-state index >= 15 is 0 Å². The van der Waals surface area contributed by atoms with Crippen LogP contribution in [0, 0.1) is 10.1 Å². The van der Waals surface area contributed by atoms with E-state index in [2.05, 4.69) is 20.4 Å². The van der Waals surface area contributed by atoms with Crippen molar-refractivity contribution in [2.24, 2.45) is 7.05 Å². The van der Waals surface area contributed by atoms with Crippen LogP contribution in [0.4, 0.5) is 11.4 Å². The molecule has 0 unspecified atom stereocenters. The van der Waals surface area contributed by atoms with Gasteiger partial charge in [0.1, 0.15) is 12.0 Å². The zero-order chi connectivity index (χ0) is 19.0. The number of carbonyl (C=O) groups is 1. The van der Waals surface area contributed by atoms with Crippen LogP contribution < -0.4 is 5.32 Å². The molecule has 2 aromatic carbocycles. The number of aromatic amines is 1. The SMILES string of the molecule is Cn1ncc([N+](=O)[O-])c1C(=O)Nc1ccc2nc(-c3ccccc3)[nH]c2c1. The Bertz CT molecular complexity index is 1160. The number of amides is 1. The molecule has 2 N–H and O–H groups in total. The van der Waals surface area contributed by atoms with E-state index in [9.17, 15) is 14.9 Å². The Morgan fingerprint density at radius 1 is 1.22 bits per heavy atom. The number of nitrogens with one attached hydrogen (secondary N) is 2. The van der Waals surface area contributed by atoms with Gasteiger partial charge >= 0.3 is 5.69 Å². The number of carbonyl (C=O) groups excluding carboxylic acids is 1. The first-order chi connectivity index (χ1) is 13.0. The van der Waals surface area contributed by atoms with Crippen LogP contribution in [0.3, 0.4) is 0 Å². The van der Waals surface area contributed by atoms with Gasteiger partial charge in [-0.1, -0.05) is 30.3 Å². The first-order valence-corrected chi connectivity index (χ1v) is 8.06. The van der Waals surface area contributed by atoms with E-state index in [1.54, 1.807) is 18.2 Å². The Labute approximate surface area is 152 Å². The van der Waals surface area contributed by atoms with Crippen molar-refractivity contribution in [2.75, 3.05) is 5.32 Å². The summed E-state index contributed by atoms with van der Waals surface area (Å²) in [6, 6.07) is 14.9.